The highest BCUT2D eigenvalue weighted by atomic mass is 15.2. The predicted molar refractivity (Wildman–Crippen MR) is 366 cm³/mol. The fourth-order valence-electron chi connectivity index (χ4n) is 14.0. The Morgan fingerprint density at radius 2 is 0.517 bits per heavy atom. The zero-order valence-corrected chi connectivity index (χ0v) is 50.0. The smallest absolute Gasteiger partial charge is 0.137 e. The van der Waals surface area contributed by atoms with Gasteiger partial charge in [-0.25, -0.2) is 9.97 Å². The van der Waals surface area contributed by atoms with Gasteiger partial charge in [0.05, 0.1) is 0 Å². The minimum Gasteiger partial charge on any atom is -0.295 e. The van der Waals surface area contributed by atoms with Crippen molar-refractivity contribution < 1.29 is 0 Å². The Balaban J connectivity index is 0.653. The molecular formula is C83H66N4. The zero-order chi connectivity index (χ0) is 59.0. The molecule has 4 nitrogen and oxygen atoms in total. The molecule has 0 saturated carbocycles. The van der Waals surface area contributed by atoms with Crippen molar-refractivity contribution >= 4 is 58.7 Å². The number of hydrogen-bond acceptors (Lipinski definition) is 4. The molecule has 0 N–H and O–H groups in total. The molecule has 0 unspecified atom stereocenters. The monoisotopic (exact) mass is 1120 g/mol. The molecule has 0 saturated heterocycles. The molecular weight excluding hydrogens is 1050 g/mol. The molecule has 0 atom stereocenters. The first kappa shape index (κ1) is 53.3. The number of anilines is 6. The Hall–Kier alpha value is -10.4. The van der Waals surface area contributed by atoms with E-state index >= 15 is 0 Å². The van der Waals surface area contributed by atoms with Crippen LogP contribution in [0.5, 0.6) is 0 Å². The van der Waals surface area contributed by atoms with Crippen LogP contribution in [0.3, 0.4) is 0 Å². The third-order valence-corrected chi connectivity index (χ3v) is 18.8. The quantitative estimate of drug-likeness (QED) is 0.114. The molecule has 0 bridgehead atoms. The molecule has 3 aliphatic carbocycles. The molecule has 0 amide bonds. The standard InChI is InChI=1S/C83H66N4/c1-81(2)73-49-55(23-25-57-29-43-69-71-45-39-65(53-77(71)82(3,4)75(69)51-57)86(79-21-13-15-47-84-79)63-35-31-61(32-36-63)59-17-9-7-10-18-59)27-41-67(73)68-42-28-56(50-74(68)81)24-26-58-30-44-70-72-46-40-66(54-78(72)83(5,6)76(70)52-58)87(80-22-14-16-48-85-80)64-37-33-62(34-38-64)60-19-11-8-12-20-60/h7-54H,1-6H3/b25-23+,26-24+. The van der Waals surface area contributed by atoms with Crippen LogP contribution in [-0.4, -0.2) is 9.97 Å². The van der Waals surface area contributed by atoms with E-state index in [-0.39, 0.29) is 16.2 Å². The highest BCUT2D eigenvalue weighted by molar-refractivity contribution is 5.90. The molecule has 12 aromatic rings. The van der Waals surface area contributed by atoms with Crippen LogP contribution in [0.25, 0.3) is 79.9 Å². The molecule has 0 radical (unpaired) electrons. The number of hydrogen-bond donors (Lipinski definition) is 0. The summed E-state index contributed by atoms with van der Waals surface area (Å²) >= 11 is 0. The molecule has 418 valence electrons. The summed E-state index contributed by atoms with van der Waals surface area (Å²) in [6.45, 7) is 14.2. The first-order chi connectivity index (χ1) is 42.4. The second kappa shape index (κ2) is 21.0. The highest BCUT2D eigenvalue weighted by Gasteiger charge is 2.39. The summed E-state index contributed by atoms with van der Waals surface area (Å²) in [4.78, 5) is 14.2. The summed E-state index contributed by atoms with van der Waals surface area (Å²) < 4.78 is 0. The minimum absolute atomic E-state index is 0.168. The van der Waals surface area contributed by atoms with E-state index in [1.165, 1.54) is 111 Å². The lowest BCUT2D eigenvalue weighted by Gasteiger charge is -2.27. The van der Waals surface area contributed by atoms with Gasteiger partial charge in [0, 0.05) is 51.4 Å². The fourth-order valence-corrected chi connectivity index (χ4v) is 14.0. The van der Waals surface area contributed by atoms with E-state index in [4.69, 9.17) is 9.97 Å². The van der Waals surface area contributed by atoms with E-state index < -0.39 is 0 Å². The predicted octanol–water partition coefficient (Wildman–Crippen LogP) is 22.0. The topological polar surface area (TPSA) is 32.3 Å². The summed E-state index contributed by atoms with van der Waals surface area (Å²) in [5, 5.41) is 0. The van der Waals surface area contributed by atoms with Crippen LogP contribution in [0.1, 0.15) is 97.2 Å². The van der Waals surface area contributed by atoms with Crippen molar-refractivity contribution in [1.29, 1.82) is 0 Å². The molecule has 0 spiro atoms. The Morgan fingerprint density at radius 1 is 0.253 bits per heavy atom. The van der Waals surface area contributed by atoms with Crippen molar-refractivity contribution in [3.63, 3.8) is 0 Å². The first-order valence-corrected chi connectivity index (χ1v) is 30.3. The van der Waals surface area contributed by atoms with Crippen LogP contribution in [0, 0.1) is 0 Å². The maximum absolute atomic E-state index is 4.85. The van der Waals surface area contributed by atoms with Crippen LogP contribution in [0.4, 0.5) is 34.4 Å². The maximum Gasteiger partial charge on any atom is 0.137 e. The van der Waals surface area contributed by atoms with E-state index in [9.17, 15) is 0 Å². The van der Waals surface area contributed by atoms with Gasteiger partial charge in [-0.2, -0.15) is 0 Å². The van der Waals surface area contributed by atoms with Crippen LogP contribution in [-0.2, 0) is 16.2 Å². The summed E-state index contributed by atoms with van der Waals surface area (Å²) in [5.74, 6) is 1.76. The van der Waals surface area contributed by atoms with Gasteiger partial charge in [0.15, 0.2) is 0 Å². The Labute approximate surface area is 511 Å². The third-order valence-electron chi connectivity index (χ3n) is 18.8. The number of nitrogens with zero attached hydrogens (tertiary/aromatic N) is 4. The van der Waals surface area contributed by atoms with E-state index in [1.807, 2.05) is 24.5 Å². The van der Waals surface area contributed by atoms with Crippen molar-refractivity contribution in [3.8, 4) is 55.6 Å². The molecule has 87 heavy (non-hydrogen) atoms. The largest absolute Gasteiger partial charge is 0.295 e. The molecule has 2 aromatic heterocycles. The Kier molecular flexibility index (Phi) is 12.9. The van der Waals surface area contributed by atoms with Crippen LogP contribution >= 0.6 is 0 Å². The van der Waals surface area contributed by atoms with Gasteiger partial charge in [0.1, 0.15) is 11.6 Å². The second-order valence-electron chi connectivity index (χ2n) is 25.1. The normalized spacial score (nSPS) is 14.3. The Bertz CT molecular complexity index is 4370. The van der Waals surface area contributed by atoms with Crippen molar-refractivity contribution in [2.45, 2.75) is 57.8 Å². The fraction of sp³-hybridized carbons (Fsp3) is 0.108. The molecule has 15 rings (SSSR count). The van der Waals surface area contributed by atoms with Gasteiger partial charge in [-0.3, -0.25) is 9.80 Å². The SMILES string of the molecule is CC1(C)c2cc(/C=C/c3ccc4c(c3)C(C)(C)c3cc(N(c5ccc(-c6ccccc6)cc5)c5ccccn5)ccc3-4)ccc2-c2ccc(/C=C/c3ccc4c(c3)C(C)(C)c3cc(N(c5ccc(-c6ccccc6)cc5)c5ccccn5)ccc3-4)cc21. The first-order valence-electron chi connectivity index (χ1n) is 30.3. The van der Waals surface area contributed by atoms with E-state index in [0.29, 0.717) is 0 Å². The van der Waals surface area contributed by atoms with Crippen molar-refractivity contribution in [2.75, 3.05) is 9.80 Å². The molecule has 0 fully saturated rings. The number of fused-ring (bicyclic) bond motifs is 9. The number of benzene rings is 10. The average Bonchev–Trinajstić information content (AvgIpc) is 1.68. The summed E-state index contributed by atoms with van der Waals surface area (Å²) in [5.41, 5.74) is 29.1. The third kappa shape index (κ3) is 9.32. The number of aromatic nitrogens is 2. The minimum atomic E-state index is -0.214. The molecule has 0 aliphatic heterocycles. The lowest BCUT2D eigenvalue weighted by atomic mass is 9.81. The molecule has 4 heteroatoms. The summed E-state index contributed by atoms with van der Waals surface area (Å²) in [6, 6.07) is 92.9. The van der Waals surface area contributed by atoms with Gasteiger partial charge in [0.25, 0.3) is 0 Å². The van der Waals surface area contributed by atoms with Gasteiger partial charge in [0.2, 0.25) is 0 Å². The molecule has 3 aliphatic rings. The number of pyridine rings is 2. The van der Waals surface area contributed by atoms with Gasteiger partial charge in [-0.05, 0) is 184 Å². The molecule has 10 aromatic carbocycles. The zero-order valence-electron chi connectivity index (χ0n) is 50.0. The van der Waals surface area contributed by atoms with Crippen molar-refractivity contribution in [3.05, 3.63) is 323 Å². The van der Waals surface area contributed by atoms with Crippen LogP contribution in [0.2, 0.25) is 0 Å². The van der Waals surface area contributed by atoms with Crippen molar-refractivity contribution in [2.24, 2.45) is 0 Å². The van der Waals surface area contributed by atoms with Gasteiger partial charge >= 0.3 is 0 Å². The van der Waals surface area contributed by atoms with E-state index in [0.717, 1.165) is 34.4 Å². The lowest BCUT2D eigenvalue weighted by Crippen LogP contribution is -2.17. The van der Waals surface area contributed by atoms with Crippen LogP contribution < -0.4 is 9.80 Å². The average molecular weight is 1120 g/mol. The number of rotatable bonds is 12. The summed E-state index contributed by atoms with van der Waals surface area (Å²) in [6.07, 6.45) is 12.9. The second-order valence-corrected chi connectivity index (χ2v) is 25.1. The van der Waals surface area contributed by atoms with E-state index in [1.54, 1.807) is 0 Å². The van der Waals surface area contributed by atoms with Gasteiger partial charge in [-0.1, -0.05) is 248 Å². The highest BCUT2D eigenvalue weighted by Crippen LogP contribution is 2.54. The molecule has 2 heterocycles. The lowest BCUT2D eigenvalue weighted by molar-refractivity contribution is 0.660. The Morgan fingerprint density at radius 3 is 0.816 bits per heavy atom. The van der Waals surface area contributed by atoms with Crippen LogP contribution in [0.15, 0.2) is 267 Å². The van der Waals surface area contributed by atoms with Gasteiger partial charge in [-0.15, -0.1) is 0 Å². The maximum atomic E-state index is 4.85. The van der Waals surface area contributed by atoms with Crippen molar-refractivity contribution in [1.82, 2.24) is 9.97 Å². The summed E-state index contributed by atoms with van der Waals surface area (Å²) in [7, 11) is 0. The van der Waals surface area contributed by atoms with Gasteiger partial charge < -0.3 is 0 Å². The van der Waals surface area contributed by atoms with E-state index in [2.05, 4.69) is 318 Å².